The van der Waals surface area contributed by atoms with Crippen molar-refractivity contribution in [3.8, 4) is 5.69 Å². The molecule has 6 nitrogen and oxygen atoms in total. The minimum atomic E-state index is -0.300. The topological polar surface area (TPSA) is 65.6 Å². The van der Waals surface area contributed by atoms with Gasteiger partial charge in [-0.3, -0.25) is 9.36 Å². The smallest absolute Gasteiger partial charge is 0.269 e. The fraction of sp³-hybridized carbons (Fsp3) is 0.0400. The number of nitrogens with zero attached hydrogens (tertiary/aromatic N) is 5. The summed E-state index contributed by atoms with van der Waals surface area (Å²) in [7, 11) is 0. The molecule has 0 radical (unpaired) electrons. The molecule has 0 amide bonds. The normalized spacial score (nSPS) is 11.5. The van der Waals surface area contributed by atoms with Crippen LogP contribution in [0, 0.1) is 5.82 Å². The highest BCUT2D eigenvalue weighted by molar-refractivity contribution is 6.04. The molecule has 0 saturated heterocycles. The molecule has 0 aliphatic rings. The molecule has 3 aromatic heterocycles. The molecule has 0 aliphatic carbocycles. The molecule has 0 atom stereocenters. The number of benzene rings is 3. The zero-order valence-electron chi connectivity index (χ0n) is 16.8. The first-order valence-corrected chi connectivity index (χ1v) is 10.2. The first-order valence-electron chi connectivity index (χ1n) is 10.2. The van der Waals surface area contributed by atoms with Crippen LogP contribution in [0.1, 0.15) is 5.56 Å². The lowest BCUT2D eigenvalue weighted by Gasteiger charge is -2.08. The summed E-state index contributed by atoms with van der Waals surface area (Å²) in [5, 5.41) is 0.409. The van der Waals surface area contributed by atoms with E-state index in [0.717, 1.165) is 16.8 Å². The van der Waals surface area contributed by atoms with Crippen molar-refractivity contribution < 1.29 is 4.39 Å². The van der Waals surface area contributed by atoms with Crippen LogP contribution in [0.15, 0.2) is 90.0 Å². The van der Waals surface area contributed by atoms with E-state index in [1.807, 2.05) is 59.2 Å². The highest BCUT2D eigenvalue weighted by Gasteiger charge is 2.20. The monoisotopic (exact) mass is 421 g/mol. The molecule has 154 valence electrons. The summed E-state index contributed by atoms with van der Waals surface area (Å²) >= 11 is 0. The Bertz CT molecular complexity index is 1670. The van der Waals surface area contributed by atoms with E-state index in [2.05, 4.69) is 4.98 Å². The van der Waals surface area contributed by atoms with Crippen molar-refractivity contribution >= 4 is 33.2 Å². The molecule has 0 fully saturated rings. The molecule has 6 aromatic rings. The lowest BCUT2D eigenvalue weighted by atomic mass is 10.2. The van der Waals surface area contributed by atoms with Crippen molar-refractivity contribution in [2.45, 2.75) is 6.54 Å². The summed E-state index contributed by atoms with van der Waals surface area (Å²) in [4.78, 5) is 27.8. The largest absolute Gasteiger partial charge is 0.304 e. The Kier molecular flexibility index (Phi) is 4.07. The second-order valence-corrected chi connectivity index (χ2v) is 7.55. The molecule has 0 spiro atoms. The third kappa shape index (κ3) is 2.86. The Morgan fingerprint density at radius 1 is 0.781 bits per heavy atom. The van der Waals surface area contributed by atoms with E-state index in [4.69, 9.17) is 9.97 Å². The molecule has 0 aliphatic heterocycles. The predicted molar refractivity (Wildman–Crippen MR) is 121 cm³/mol. The first-order chi connectivity index (χ1) is 15.7. The first kappa shape index (κ1) is 18.4. The van der Waals surface area contributed by atoms with Crippen LogP contribution in [0.2, 0.25) is 0 Å². The van der Waals surface area contributed by atoms with Crippen LogP contribution >= 0.6 is 0 Å². The van der Waals surface area contributed by atoms with Crippen LogP contribution in [-0.4, -0.2) is 24.1 Å². The number of rotatable bonds is 3. The van der Waals surface area contributed by atoms with E-state index in [9.17, 15) is 9.18 Å². The predicted octanol–water partition coefficient (Wildman–Crippen LogP) is 4.47. The van der Waals surface area contributed by atoms with Gasteiger partial charge in [0.1, 0.15) is 23.0 Å². The van der Waals surface area contributed by atoms with Gasteiger partial charge in [-0.1, -0.05) is 42.5 Å². The number of para-hydroxylation sites is 3. The van der Waals surface area contributed by atoms with Crippen molar-refractivity contribution in [2.75, 3.05) is 0 Å². The SMILES string of the molecule is O=c1c2c3nc4ccccc4nc3n(Cc3ccc(F)cc3)c2ncn1-c1ccccc1. The number of halogens is 1. The van der Waals surface area contributed by atoms with Gasteiger partial charge in [0.2, 0.25) is 0 Å². The molecule has 0 N–H and O–H groups in total. The van der Waals surface area contributed by atoms with E-state index in [0.29, 0.717) is 34.3 Å². The second kappa shape index (κ2) is 7.09. The highest BCUT2D eigenvalue weighted by Crippen LogP contribution is 2.26. The minimum absolute atomic E-state index is 0.214. The zero-order valence-corrected chi connectivity index (χ0v) is 16.8. The number of fused-ring (bicyclic) bond motifs is 4. The van der Waals surface area contributed by atoms with Crippen LogP contribution in [0.5, 0.6) is 0 Å². The van der Waals surface area contributed by atoms with Gasteiger partial charge < -0.3 is 4.57 Å². The van der Waals surface area contributed by atoms with Gasteiger partial charge in [0.15, 0.2) is 11.3 Å². The van der Waals surface area contributed by atoms with Crippen molar-refractivity contribution in [3.05, 3.63) is 107 Å². The molecule has 0 bridgehead atoms. The Hall–Kier alpha value is -4.39. The maximum Gasteiger partial charge on any atom is 0.269 e. The van der Waals surface area contributed by atoms with Crippen molar-refractivity contribution in [2.24, 2.45) is 0 Å². The zero-order chi connectivity index (χ0) is 21.7. The molecule has 32 heavy (non-hydrogen) atoms. The van der Waals surface area contributed by atoms with Crippen LogP contribution in [0.4, 0.5) is 4.39 Å². The summed E-state index contributed by atoms with van der Waals surface area (Å²) in [6, 6.07) is 23.2. The van der Waals surface area contributed by atoms with Gasteiger partial charge in [-0.25, -0.2) is 19.3 Å². The lowest BCUT2D eigenvalue weighted by molar-refractivity contribution is 0.626. The van der Waals surface area contributed by atoms with Crippen LogP contribution in [-0.2, 0) is 6.54 Å². The van der Waals surface area contributed by atoms with E-state index in [-0.39, 0.29) is 11.4 Å². The maximum absolute atomic E-state index is 13.6. The van der Waals surface area contributed by atoms with Crippen molar-refractivity contribution in [3.63, 3.8) is 0 Å². The molecular formula is C25H16FN5O. The second-order valence-electron chi connectivity index (χ2n) is 7.55. The minimum Gasteiger partial charge on any atom is -0.304 e. The Morgan fingerprint density at radius 3 is 2.22 bits per heavy atom. The fourth-order valence-electron chi connectivity index (χ4n) is 4.00. The molecule has 0 saturated carbocycles. The van der Waals surface area contributed by atoms with E-state index in [1.165, 1.54) is 23.0 Å². The summed E-state index contributed by atoms with van der Waals surface area (Å²) < 4.78 is 16.8. The van der Waals surface area contributed by atoms with Gasteiger partial charge in [0, 0.05) is 0 Å². The summed E-state index contributed by atoms with van der Waals surface area (Å²) in [6.45, 7) is 0.384. The average molecular weight is 421 g/mol. The summed E-state index contributed by atoms with van der Waals surface area (Å²) in [5.74, 6) is -0.300. The Morgan fingerprint density at radius 2 is 1.47 bits per heavy atom. The van der Waals surface area contributed by atoms with Gasteiger partial charge in [0.05, 0.1) is 23.3 Å². The molecular weight excluding hydrogens is 405 g/mol. The summed E-state index contributed by atoms with van der Waals surface area (Å²) in [5.41, 5.74) is 4.38. The molecule has 3 heterocycles. The third-order valence-electron chi connectivity index (χ3n) is 5.54. The van der Waals surface area contributed by atoms with Gasteiger partial charge in [-0.15, -0.1) is 0 Å². The van der Waals surface area contributed by atoms with Gasteiger partial charge in [-0.05, 0) is 42.0 Å². The number of aromatic nitrogens is 5. The Balaban J connectivity index is 1.69. The molecule has 7 heteroatoms. The molecule has 3 aromatic carbocycles. The van der Waals surface area contributed by atoms with E-state index >= 15 is 0 Å². The van der Waals surface area contributed by atoms with E-state index in [1.54, 1.807) is 12.1 Å². The van der Waals surface area contributed by atoms with Gasteiger partial charge in [-0.2, -0.15) is 0 Å². The molecule has 0 unspecified atom stereocenters. The van der Waals surface area contributed by atoms with E-state index < -0.39 is 0 Å². The highest BCUT2D eigenvalue weighted by atomic mass is 19.1. The van der Waals surface area contributed by atoms with Crippen molar-refractivity contribution in [1.29, 1.82) is 0 Å². The maximum atomic E-state index is 13.6. The Labute approximate surface area is 181 Å². The van der Waals surface area contributed by atoms with Crippen molar-refractivity contribution in [1.82, 2.24) is 24.1 Å². The quantitative estimate of drug-likeness (QED) is 0.423. The lowest BCUT2D eigenvalue weighted by Crippen LogP contribution is -2.19. The van der Waals surface area contributed by atoms with Gasteiger partial charge in [0.25, 0.3) is 5.56 Å². The standard InChI is InChI=1S/C25H16FN5O/c26-17-12-10-16(11-13-17)14-30-23-21(22-24(30)29-20-9-5-4-8-19(20)28-22)25(32)31(15-27-23)18-6-2-1-3-7-18/h1-13,15H,14H2. The van der Waals surface area contributed by atoms with Crippen LogP contribution in [0.3, 0.4) is 0 Å². The third-order valence-corrected chi connectivity index (χ3v) is 5.54. The number of hydrogen-bond acceptors (Lipinski definition) is 4. The molecule has 6 rings (SSSR count). The number of hydrogen-bond donors (Lipinski definition) is 0. The average Bonchev–Trinajstić information content (AvgIpc) is 3.13. The summed E-state index contributed by atoms with van der Waals surface area (Å²) in [6.07, 6.45) is 1.53. The fourth-order valence-corrected chi connectivity index (χ4v) is 4.00. The van der Waals surface area contributed by atoms with Crippen LogP contribution < -0.4 is 5.56 Å². The van der Waals surface area contributed by atoms with Gasteiger partial charge >= 0.3 is 0 Å². The van der Waals surface area contributed by atoms with Crippen LogP contribution in [0.25, 0.3) is 38.9 Å².